The zero-order valence-electron chi connectivity index (χ0n) is 12.1. The largest absolute Gasteiger partial charge is 0.361 e. The number of carbonyl (C=O) groups is 1. The Balaban J connectivity index is 2.18. The molecule has 3 nitrogen and oxygen atoms in total. The van der Waals surface area contributed by atoms with Crippen molar-refractivity contribution in [3.05, 3.63) is 35.8 Å². The second-order valence-corrected chi connectivity index (χ2v) is 5.06. The second-order valence-electron chi connectivity index (χ2n) is 5.06. The molecule has 0 saturated heterocycles. The van der Waals surface area contributed by atoms with Gasteiger partial charge >= 0.3 is 0 Å². The Bertz CT molecular complexity index is 585. The number of carbonyl (C=O) groups excluding carboxylic acids is 1. The molecule has 0 aliphatic carbocycles. The SMILES string of the molecule is CCCN(CCC)C(=O)Cc1c[nH]c2ccc(F)cc12. The summed E-state index contributed by atoms with van der Waals surface area (Å²) in [5.41, 5.74) is 1.73. The summed E-state index contributed by atoms with van der Waals surface area (Å²) in [5.74, 6) is -0.163. The summed E-state index contributed by atoms with van der Waals surface area (Å²) in [7, 11) is 0. The van der Waals surface area contributed by atoms with Gasteiger partial charge in [-0.25, -0.2) is 4.39 Å². The van der Waals surface area contributed by atoms with Crippen molar-refractivity contribution in [1.82, 2.24) is 9.88 Å². The quantitative estimate of drug-likeness (QED) is 0.861. The number of halogens is 1. The molecule has 1 N–H and O–H groups in total. The molecule has 2 rings (SSSR count). The van der Waals surface area contributed by atoms with Crippen molar-refractivity contribution in [2.24, 2.45) is 0 Å². The van der Waals surface area contributed by atoms with Crippen LogP contribution in [0.5, 0.6) is 0 Å². The molecular weight excluding hydrogens is 255 g/mol. The lowest BCUT2D eigenvalue weighted by atomic mass is 10.1. The first-order valence-corrected chi connectivity index (χ1v) is 7.19. The zero-order chi connectivity index (χ0) is 14.5. The lowest BCUT2D eigenvalue weighted by molar-refractivity contribution is -0.130. The highest BCUT2D eigenvalue weighted by molar-refractivity contribution is 5.88. The van der Waals surface area contributed by atoms with Crippen LogP contribution in [0.15, 0.2) is 24.4 Å². The van der Waals surface area contributed by atoms with Gasteiger partial charge in [-0.05, 0) is 36.6 Å². The third-order valence-electron chi connectivity index (χ3n) is 3.41. The van der Waals surface area contributed by atoms with E-state index in [1.807, 2.05) is 4.90 Å². The van der Waals surface area contributed by atoms with E-state index in [2.05, 4.69) is 18.8 Å². The van der Waals surface area contributed by atoms with Crippen LogP contribution < -0.4 is 0 Å². The monoisotopic (exact) mass is 276 g/mol. The molecule has 20 heavy (non-hydrogen) atoms. The van der Waals surface area contributed by atoms with Gasteiger partial charge in [0.15, 0.2) is 0 Å². The van der Waals surface area contributed by atoms with E-state index >= 15 is 0 Å². The maximum absolute atomic E-state index is 13.3. The van der Waals surface area contributed by atoms with Gasteiger partial charge in [-0.15, -0.1) is 0 Å². The maximum Gasteiger partial charge on any atom is 0.227 e. The van der Waals surface area contributed by atoms with Crippen molar-refractivity contribution in [1.29, 1.82) is 0 Å². The molecule has 0 saturated carbocycles. The molecule has 1 heterocycles. The molecule has 0 bridgehead atoms. The van der Waals surface area contributed by atoms with Crippen molar-refractivity contribution in [3.8, 4) is 0 Å². The Hall–Kier alpha value is -1.84. The fraction of sp³-hybridized carbons (Fsp3) is 0.438. The summed E-state index contributed by atoms with van der Waals surface area (Å²) in [6, 6.07) is 4.61. The molecule has 0 spiro atoms. The Morgan fingerprint density at radius 3 is 2.60 bits per heavy atom. The fourth-order valence-electron chi connectivity index (χ4n) is 2.47. The van der Waals surface area contributed by atoms with E-state index in [9.17, 15) is 9.18 Å². The van der Waals surface area contributed by atoms with Crippen molar-refractivity contribution < 1.29 is 9.18 Å². The molecule has 0 fully saturated rings. The van der Waals surface area contributed by atoms with Gasteiger partial charge in [0.25, 0.3) is 0 Å². The third kappa shape index (κ3) is 3.18. The highest BCUT2D eigenvalue weighted by Crippen LogP contribution is 2.20. The minimum atomic E-state index is -0.273. The predicted octanol–water partition coefficient (Wildman–Crippen LogP) is 3.50. The Morgan fingerprint density at radius 2 is 1.95 bits per heavy atom. The molecule has 108 valence electrons. The standard InChI is InChI=1S/C16H21FN2O/c1-3-7-19(8-4-2)16(20)9-12-11-18-15-6-5-13(17)10-14(12)15/h5-6,10-11,18H,3-4,7-9H2,1-2H3. The van der Waals surface area contributed by atoms with Crippen LogP contribution in [0.4, 0.5) is 4.39 Å². The topological polar surface area (TPSA) is 36.1 Å². The third-order valence-corrected chi connectivity index (χ3v) is 3.41. The lowest BCUT2D eigenvalue weighted by Crippen LogP contribution is -2.33. The van der Waals surface area contributed by atoms with Gasteiger partial charge in [0, 0.05) is 30.2 Å². The Morgan fingerprint density at radius 1 is 1.25 bits per heavy atom. The maximum atomic E-state index is 13.3. The summed E-state index contributed by atoms with van der Waals surface area (Å²) >= 11 is 0. The van der Waals surface area contributed by atoms with Crippen LogP contribution in [0, 0.1) is 5.82 Å². The normalized spacial score (nSPS) is 10.9. The molecule has 0 atom stereocenters. The van der Waals surface area contributed by atoms with Crippen LogP contribution in [0.25, 0.3) is 10.9 Å². The number of amides is 1. The Kier molecular flexibility index (Phi) is 4.77. The van der Waals surface area contributed by atoms with Crippen LogP contribution in [0.2, 0.25) is 0 Å². The molecule has 2 aromatic rings. The lowest BCUT2D eigenvalue weighted by Gasteiger charge is -2.21. The number of aromatic nitrogens is 1. The minimum absolute atomic E-state index is 0.110. The van der Waals surface area contributed by atoms with Crippen molar-refractivity contribution in [2.75, 3.05) is 13.1 Å². The van der Waals surface area contributed by atoms with E-state index < -0.39 is 0 Å². The molecular formula is C16H21FN2O. The van der Waals surface area contributed by atoms with Crippen LogP contribution in [0.1, 0.15) is 32.3 Å². The van der Waals surface area contributed by atoms with Crippen LogP contribution in [0.3, 0.4) is 0 Å². The molecule has 1 amide bonds. The zero-order valence-corrected chi connectivity index (χ0v) is 12.1. The van der Waals surface area contributed by atoms with Gasteiger partial charge in [0.05, 0.1) is 6.42 Å². The van der Waals surface area contributed by atoms with E-state index in [-0.39, 0.29) is 11.7 Å². The molecule has 0 aliphatic heterocycles. The second kappa shape index (κ2) is 6.55. The highest BCUT2D eigenvalue weighted by atomic mass is 19.1. The molecule has 0 radical (unpaired) electrons. The molecule has 0 unspecified atom stereocenters. The highest BCUT2D eigenvalue weighted by Gasteiger charge is 2.15. The van der Waals surface area contributed by atoms with Gasteiger partial charge in [-0.3, -0.25) is 4.79 Å². The summed E-state index contributed by atoms with van der Waals surface area (Å²) in [6.07, 6.45) is 4.03. The van der Waals surface area contributed by atoms with Gasteiger partial charge in [0.2, 0.25) is 5.91 Å². The summed E-state index contributed by atoms with van der Waals surface area (Å²) < 4.78 is 13.3. The van der Waals surface area contributed by atoms with Gasteiger partial charge in [-0.2, -0.15) is 0 Å². The van der Waals surface area contributed by atoms with E-state index in [1.54, 1.807) is 12.3 Å². The number of hydrogen-bond acceptors (Lipinski definition) is 1. The van der Waals surface area contributed by atoms with Gasteiger partial charge in [0.1, 0.15) is 5.82 Å². The number of rotatable bonds is 6. The van der Waals surface area contributed by atoms with Crippen molar-refractivity contribution in [3.63, 3.8) is 0 Å². The first-order valence-electron chi connectivity index (χ1n) is 7.19. The fourth-order valence-corrected chi connectivity index (χ4v) is 2.47. The van der Waals surface area contributed by atoms with Crippen LogP contribution >= 0.6 is 0 Å². The summed E-state index contributed by atoms with van der Waals surface area (Å²) in [4.78, 5) is 17.3. The molecule has 4 heteroatoms. The van der Waals surface area contributed by atoms with Gasteiger partial charge in [-0.1, -0.05) is 13.8 Å². The number of hydrogen-bond donors (Lipinski definition) is 1. The summed E-state index contributed by atoms with van der Waals surface area (Å²) in [5, 5.41) is 0.797. The average molecular weight is 276 g/mol. The van der Waals surface area contributed by atoms with Crippen molar-refractivity contribution >= 4 is 16.8 Å². The number of aromatic amines is 1. The summed E-state index contributed by atoms with van der Waals surface area (Å²) in [6.45, 7) is 5.70. The Labute approximate surface area is 118 Å². The number of H-pyrrole nitrogens is 1. The number of nitrogens with zero attached hydrogens (tertiary/aromatic N) is 1. The average Bonchev–Trinajstić information content (AvgIpc) is 2.81. The number of benzene rings is 1. The van der Waals surface area contributed by atoms with Gasteiger partial charge < -0.3 is 9.88 Å². The first kappa shape index (κ1) is 14.6. The van der Waals surface area contributed by atoms with Crippen LogP contribution in [-0.4, -0.2) is 28.9 Å². The number of fused-ring (bicyclic) bond motifs is 1. The molecule has 0 aliphatic rings. The first-order chi connectivity index (χ1) is 9.65. The van der Waals surface area contributed by atoms with Crippen molar-refractivity contribution in [2.45, 2.75) is 33.1 Å². The smallest absolute Gasteiger partial charge is 0.227 e. The molecule has 1 aromatic heterocycles. The van der Waals surface area contributed by atoms with E-state index in [4.69, 9.17) is 0 Å². The minimum Gasteiger partial charge on any atom is -0.361 e. The van der Waals surface area contributed by atoms with Crippen LogP contribution in [-0.2, 0) is 11.2 Å². The molecule has 1 aromatic carbocycles. The van der Waals surface area contributed by atoms with E-state index in [0.29, 0.717) is 6.42 Å². The van der Waals surface area contributed by atoms with E-state index in [0.717, 1.165) is 42.4 Å². The number of nitrogens with one attached hydrogen (secondary N) is 1. The van der Waals surface area contributed by atoms with E-state index in [1.165, 1.54) is 12.1 Å². The predicted molar refractivity (Wildman–Crippen MR) is 79.1 cm³/mol.